The summed E-state index contributed by atoms with van der Waals surface area (Å²) >= 11 is 5.55. The van der Waals surface area contributed by atoms with E-state index in [2.05, 4.69) is 4.99 Å². The fraction of sp³-hybridized carbons (Fsp3) is 0.417. The van der Waals surface area contributed by atoms with Gasteiger partial charge in [0.1, 0.15) is 5.84 Å². The number of sulfonamides is 1. The summed E-state index contributed by atoms with van der Waals surface area (Å²) in [6, 6.07) is 6.45. The van der Waals surface area contributed by atoms with Crippen LogP contribution in [0.15, 0.2) is 34.2 Å². The highest BCUT2D eigenvalue weighted by molar-refractivity contribution is 7.89. The van der Waals surface area contributed by atoms with Gasteiger partial charge in [-0.15, -0.1) is 11.6 Å². The third-order valence-electron chi connectivity index (χ3n) is 2.93. The Hall–Kier alpha value is -1.11. The van der Waals surface area contributed by atoms with Crippen molar-refractivity contribution in [1.29, 1.82) is 0 Å². The van der Waals surface area contributed by atoms with Crippen LogP contribution in [-0.2, 0) is 10.0 Å². The molecule has 0 aliphatic carbocycles. The molecule has 1 aliphatic heterocycles. The van der Waals surface area contributed by atoms with Crippen molar-refractivity contribution in [2.24, 2.45) is 10.7 Å². The molecular formula is C12H16ClN3O2S. The van der Waals surface area contributed by atoms with Gasteiger partial charge in [0.15, 0.2) is 0 Å². The normalized spacial score (nSPS) is 17.8. The Morgan fingerprint density at radius 3 is 2.68 bits per heavy atom. The highest BCUT2D eigenvalue weighted by atomic mass is 35.5. The number of rotatable bonds is 4. The van der Waals surface area contributed by atoms with E-state index in [0.717, 1.165) is 12.8 Å². The van der Waals surface area contributed by atoms with E-state index < -0.39 is 10.0 Å². The number of alkyl halides is 1. The number of benzene rings is 1. The first-order valence-electron chi connectivity index (χ1n) is 6.03. The van der Waals surface area contributed by atoms with Crippen LogP contribution in [0.25, 0.3) is 0 Å². The van der Waals surface area contributed by atoms with Crippen molar-refractivity contribution >= 4 is 33.1 Å². The molecule has 0 radical (unpaired) electrons. The summed E-state index contributed by atoms with van der Waals surface area (Å²) in [5.74, 6) is 0.376. The minimum Gasteiger partial charge on any atom is -0.386 e. The molecule has 1 heterocycles. The molecule has 1 fully saturated rings. The standard InChI is InChI=1S/C12H16ClN3O2S/c13-9-12(14)15-10-4-3-5-11(8-10)19(17,18)16-6-1-2-7-16/h3-5,8H,1-2,6-7,9H2,(H2,14,15). The zero-order valence-electron chi connectivity index (χ0n) is 10.4. The van der Waals surface area contributed by atoms with Gasteiger partial charge >= 0.3 is 0 Å². The molecule has 1 aliphatic rings. The average Bonchev–Trinajstić information content (AvgIpc) is 2.93. The molecule has 7 heteroatoms. The van der Waals surface area contributed by atoms with E-state index in [0.29, 0.717) is 18.8 Å². The van der Waals surface area contributed by atoms with Crippen molar-refractivity contribution in [2.45, 2.75) is 17.7 Å². The van der Waals surface area contributed by atoms with E-state index in [9.17, 15) is 8.42 Å². The largest absolute Gasteiger partial charge is 0.386 e. The lowest BCUT2D eigenvalue weighted by Crippen LogP contribution is -2.27. The summed E-state index contributed by atoms with van der Waals surface area (Å²) in [6.07, 6.45) is 1.83. The highest BCUT2D eigenvalue weighted by Crippen LogP contribution is 2.24. The van der Waals surface area contributed by atoms with Crippen LogP contribution in [0, 0.1) is 0 Å². The minimum absolute atomic E-state index is 0.114. The van der Waals surface area contributed by atoms with Crippen molar-refractivity contribution in [3.05, 3.63) is 24.3 Å². The summed E-state index contributed by atoms with van der Waals surface area (Å²) in [5.41, 5.74) is 6.04. The monoisotopic (exact) mass is 301 g/mol. The summed E-state index contributed by atoms with van der Waals surface area (Å²) in [7, 11) is -3.41. The van der Waals surface area contributed by atoms with Gasteiger partial charge in [-0.3, -0.25) is 0 Å². The Morgan fingerprint density at radius 2 is 2.05 bits per heavy atom. The smallest absolute Gasteiger partial charge is 0.243 e. The van der Waals surface area contributed by atoms with Crippen LogP contribution >= 0.6 is 11.6 Å². The molecule has 0 amide bonds. The quantitative estimate of drug-likeness (QED) is 0.522. The Bertz CT molecular complexity index is 580. The van der Waals surface area contributed by atoms with E-state index >= 15 is 0 Å². The number of nitrogens with two attached hydrogens (primary N) is 1. The molecule has 0 saturated carbocycles. The van der Waals surface area contributed by atoms with E-state index in [1.165, 1.54) is 10.4 Å². The van der Waals surface area contributed by atoms with Crippen molar-refractivity contribution < 1.29 is 8.42 Å². The number of nitrogens with zero attached hydrogens (tertiary/aromatic N) is 2. The molecule has 19 heavy (non-hydrogen) atoms. The second-order valence-electron chi connectivity index (χ2n) is 4.35. The first kappa shape index (κ1) is 14.3. The fourth-order valence-corrected chi connectivity index (χ4v) is 3.60. The molecule has 1 aromatic rings. The van der Waals surface area contributed by atoms with Gasteiger partial charge in [0, 0.05) is 13.1 Å². The van der Waals surface area contributed by atoms with E-state index in [1.807, 2.05) is 0 Å². The van der Waals surface area contributed by atoms with Gasteiger partial charge in [0.25, 0.3) is 0 Å². The van der Waals surface area contributed by atoms with Crippen LogP contribution in [0.3, 0.4) is 0 Å². The van der Waals surface area contributed by atoms with Gasteiger partial charge in [-0.1, -0.05) is 6.07 Å². The second-order valence-corrected chi connectivity index (χ2v) is 6.55. The molecule has 0 atom stereocenters. The topological polar surface area (TPSA) is 75.8 Å². The maximum atomic E-state index is 12.4. The van der Waals surface area contributed by atoms with Gasteiger partial charge in [0.05, 0.1) is 16.5 Å². The van der Waals surface area contributed by atoms with E-state index in [4.69, 9.17) is 17.3 Å². The van der Waals surface area contributed by atoms with Crippen LogP contribution in [0.1, 0.15) is 12.8 Å². The van der Waals surface area contributed by atoms with Gasteiger partial charge in [0.2, 0.25) is 10.0 Å². The van der Waals surface area contributed by atoms with Gasteiger partial charge in [-0.2, -0.15) is 4.31 Å². The first-order valence-corrected chi connectivity index (χ1v) is 8.01. The van der Waals surface area contributed by atoms with Crippen molar-refractivity contribution in [3.8, 4) is 0 Å². The first-order chi connectivity index (χ1) is 9.04. The number of hydrogen-bond donors (Lipinski definition) is 1. The second kappa shape index (κ2) is 5.90. The Labute approximate surface area is 118 Å². The molecule has 5 nitrogen and oxygen atoms in total. The maximum absolute atomic E-state index is 12.4. The molecule has 1 saturated heterocycles. The molecule has 2 N–H and O–H groups in total. The highest BCUT2D eigenvalue weighted by Gasteiger charge is 2.27. The lowest BCUT2D eigenvalue weighted by Gasteiger charge is -2.15. The van der Waals surface area contributed by atoms with Crippen molar-refractivity contribution in [1.82, 2.24) is 4.31 Å². The maximum Gasteiger partial charge on any atom is 0.243 e. The SMILES string of the molecule is NC(CCl)=Nc1cccc(S(=O)(=O)N2CCCC2)c1. The van der Waals surface area contributed by atoms with E-state index in [-0.39, 0.29) is 16.6 Å². The van der Waals surface area contributed by atoms with Crippen molar-refractivity contribution in [2.75, 3.05) is 19.0 Å². The fourth-order valence-electron chi connectivity index (χ4n) is 1.99. The minimum atomic E-state index is -3.41. The Kier molecular flexibility index (Phi) is 4.44. The Balaban J connectivity index is 2.33. The average molecular weight is 302 g/mol. The van der Waals surface area contributed by atoms with Crippen LogP contribution < -0.4 is 5.73 Å². The van der Waals surface area contributed by atoms with Gasteiger partial charge in [-0.05, 0) is 31.0 Å². The molecular weight excluding hydrogens is 286 g/mol. The number of halogens is 1. The van der Waals surface area contributed by atoms with Gasteiger partial charge in [-0.25, -0.2) is 13.4 Å². The molecule has 2 rings (SSSR count). The summed E-state index contributed by atoms with van der Waals surface area (Å²) < 4.78 is 26.2. The predicted octanol–water partition coefficient (Wildman–Crippen LogP) is 1.70. The molecule has 0 bridgehead atoms. The van der Waals surface area contributed by atoms with Crippen LogP contribution in [0.4, 0.5) is 5.69 Å². The number of aliphatic imine (C=N–C) groups is 1. The lowest BCUT2D eigenvalue weighted by atomic mass is 10.3. The van der Waals surface area contributed by atoms with Crippen LogP contribution in [0.5, 0.6) is 0 Å². The predicted molar refractivity (Wildman–Crippen MR) is 76.4 cm³/mol. The van der Waals surface area contributed by atoms with Crippen molar-refractivity contribution in [3.63, 3.8) is 0 Å². The van der Waals surface area contributed by atoms with Crippen LogP contribution in [-0.4, -0.2) is 37.5 Å². The summed E-state index contributed by atoms with van der Waals surface area (Å²) in [5, 5.41) is 0. The summed E-state index contributed by atoms with van der Waals surface area (Å²) in [6.45, 7) is 1.17. The lowest BCUT2D eigenvalue weighted by molar-refractivity contribution is 0.477. The van der Waals surface area contributed by atoms with Crippen LogP contribution in [0.2, 0.25) is 0 Å². The molecule has 0 aromatic heterocycles. The zero-order valence-corrected chi connectivity index (χ0v) is 12.0. The molecule has 1 aromatic carbocycles. The van der Waals surface area contributed by atoms with E-state index in [1.54, 1.807) is 18.2 Å². The summed E-state index contributed by atoms with van der Waals surface area (Å²) in [4.78, 5) is 4.31. The molecule has 0 spiro atoms. The van der Waals surface area contributed by atoms with Gasteiger partial charge < -0.3 is 5.73 Å². The number of amidine groups is 1. The molecule has 0 unspecified atom stereocenters. The number of hydrogen-bond acceptors (Lipinski definition) is 3. The molecule has 104 valence electrons. The third-order valence-corrected chi connectivity index (χ3v) is 5.10. The Morgan fingerprint density at radius 1 is 1.37 bits per heavy atom. The third kappa shape index (κ3) is 3.26. The zero-order chi connectivity index (χ0) is 13.9.